The van der Waals surface area contributed by atoms with E-state index in [1.54, 1.807) is 0 Å². The number of anilines is 2. The maximum absolute atomic E-state index is 4.95. The summed E-state index contributed by atoms with van der Waals surface area (Å²) in [6.45, 7) is 6.04. The van der Waals surface area contributed by atoms with Gasteiger partial charge in [0, 0.05) is 5.69 Å². The largest absolute Gasteiger partial charge is 0.339 e. The van der Waals surface area contributed by atoms with Crippen molar-refractivity contribution in [1.82, 2.24) is 15.2 Å². The minimum absolute atomic E-state index is 0.377. The molecule has 0 amide bonds. The SMILES string of the molecule is Cc1ccc(Nc2nc(=S)[nH]nc2C)cc1C. The zero-order chi connectivity index (χ0) is 12.4. The van der Waals surface area contributed by atoms with Crippen LogP contribution in [0.4, 0.5) is 11.5 Å². The van der Waals surface area contributed by atoms with Crippen LogP contribution in [0.1, 0.15) is 16.8 Å². The highest BCUT2D eigenvalue weighted by atomic mass is 32.1. The summed E-state index contributed by atoms with van der Waals surface area (Å²) in [5.74, 6) is 0.692. The van der Waals surface area contributed by atoms with Gasteiger partial charge in [0.15, 0.2) is 5.82 Å². The van der Waals surface area contributed by atoms with Crippen molar-refractivity contribution in [3.05, 3.63) is 39.8 Å². The van der Waals surface area contributed by atoms with Gasteiger partial charge in [0.05, 0.1) is 0 Å². The van der Waals surface area contributed by atoms with Crippen LogP contribution in [0.3, 0.4) is 0 Å². The summed E-state index contributed by atoms with van der Waals surface area (Å²) in [6.07, 6.45) is 0. The summed E-state index contributed by atoms with van der Waals surface area (Å²) in [7, 11) is 0. The predicted octanol–water partition coefficient (Wildman–Crippen LogP) is 3.20. The van der Waals surface area contributed by atoms with Crippen molar-refractivity contribution in [2.45, 2.75) is 20.8 Å². The average molecular weight is 246 g/mol. The lowest BCUT2D eigenvalue weighted by Gasteiger charge is -2.09. The lowest BCUT2D eigenvalue weighted by atomic mass is 10.1. The van der Waals surface area contributed by atoms with Crippen LogP contribution in [-0.4, -0.2) is 15.2 Å². The van der Waals surface area contributed by atoms with E-state index in [1.165, 1.54) is 11.1 Å². The van der Waals surface area contributed by atoms with Crippen molar-refractivity contribution in [3.63, 3.8) is 0 Å². The molecule has 0 fully saturated rings. The zero-order valence-corrected chi connectivity index (χ0v) is 10.9. The van der Waals surface area contributed by atoms with Crippen molar-refractivity contribution in [2.75, 3.05) is 5.32 Å². The highest BCUT2D eigenvalue weighted by Crippen LogP contribution is 2.19. The fraction of sp³-hybridized carbons (Fsp3) is 0.250. The van der Waals surface area contributed by atoms with E-state index in [0.29, 0.717) is 10.6 Å². The van der Waals surface area contributed by atoms with Crippen molar-refractivity contribution in [3.8, 4) is 0 Å². The van der Waals surface area contributed by atoms with Gasteiger partial charge < -0.3 is 5.32 Å². The molecular formula is C12H14N4S. The van der Waals surface area contributed by atoms with Crippen LogP contribution in [0.15, 0.2) is 18.2 Å². The monoisotopic (exact) mass is 246 g/mol. The van der Waals surface area contributed by atoms with Gasteiger partial charge in [-0.15, -0.1) is 0 Å². The number of benzene rings is 1. The molecule has 2 rings (SSSR count). The maximum atomic E-state index is 4.95. The first-order chi connectivity index (χ1) is 8.06. The van der Waals surface area contributed by atoms with Crippen molar-refractivity contribution in [1.29, 1.82) is 0 Å². The number of hydrogen-bond donors (Lipinski definition) is 2. The molecule has 0 saturated carbocycles. The molecule has 0 aliphatic rings. The second-order valence-electron chi connectivity index (χ2n) is 4.00. The number of hydrogen-bond acceptors (Lipinski definition) is 4. The molecule has 4 nitrogen and oxygen atoms in total. The Labute approximate surface area is 105 Å². The smallest absolute Gasteiger partial charge is 0.215 e. The minimum Gasteiger partial charge on any atom is -0.339 e. The van der Waals surface area contributed by atoms with Crippen LogP contribution in [0.5, 0.6) is 0 Å². The highest BCUT2D eigenvalue weighted by Gasteiger charge is 2.02. The second-order valence-corrected chi connectivity index (χ2v) is 4.39. The summed E-state index contributed by atoms with van der Waals surface area (Å²) < 4.78 is 0.377. The number of aromatic nitrogens is 3. The fourth-order valence-electron chi connectivity index (χ4n) is 1.47. The molecule has 0 spiro atoms. The van der Waals surface area contributed by atoms with E-state index in [9.17, 15) is 0 Å². The molecule has 0 aliphatic heterocycles. The quantitative estimate of drug-likeness (QED) is 0.799. The third-order valence-corrected chi connectivity index (χ3v) is 2.83. The molecule has 0 bridgehead atoms. The third-order valence-electron chi connectivity index (χ3n) is 2.64. The summed E-state index contributed by atoms with van der Waals surface area (Å²) >= 11 is 4.95. The molecule has 1 aromatic carbocycles. The summed E-state index contributed by atoms with van der Waals surface area (Å²) in [5.41, 5.74) is 4.29. The molecule has 2 N–H and O–H groups in total. The van der Waals surface area contributed by atoms with Crippen molar-refractivity contribution < 1.29 is 0 Å². The Balaban J connectivity index is 2.34. The molecule has 0 atom stereocenters. The van der Waals surface area contributed by atoms with Crippen molar-refractivity contribution in [2.24, 2.45) is 0 Å². The van der Waals surface area contributed by atoms with E-state index in [1.807, 2.05) is 13.0 Å². The van der Waals surface area contributed by atoms with Gasteiger partial charge in [0.1, 0.15) is 5.69 Å². The lowest BCUT2D eigenvalue weighted by molar-refractivity contribution is 0.914. The number of H-pyrrole nitrogens is 1. The van der Waals surface area contributed by atoms with Crippen LogP contribution < -0.4 is 5.32 Å². The molecule has 2 aromatic rings. The Morgan fingerprint density at radius 2 is 1.94 bits per heavy atom. The Hall–Kier alpha value is -1.75. The summed E-state index contributed by atoms with van der Waals surface area (Å²) in [4.78, 5) is 4.21. The number of aromatic amines is 1. The van der Waals surface area contributed by atoms with Gasteiger partial charge in [-0.05, 0) is 56.2 Å². The molecule has 0 saturated heterocycles. The van der Waals surface area contributed by atoms with E-state index >= 15 is 0 Å². The van der Waals surface area contributed by atoms with Crippen LogP contribution in [-0.2, 0) is 0 Å². The number of aryl methyl sites for hydroxylation is 3. The molecule has 0 unspecified atom stereocenters. The molecule has 0 aliphatic carbocycles. The Morgan fingerprint density at radius 1 is 1.18 bits per heavy atom. The van der Waals surface area contributed by atoms with Gasteiger partial charge >= 0.3 is 0 Å². The topological polar surface area (TPSA) is 53.6 Å². The van der Waals surface area contributed by atoms with E-state index in [4.69, 9.17) is 12.2 Å². The van der Waals surface area contributed by atoms with E-state index in [2.05, 4.69) is 46.5 Å². The summed E-state index contributed by atoms with van der Waals surface area (Å²) in [5, 5.41) is 9.94. The molecular weight excluding hydrogens is 232 g/mol. The van der Waals surface area contributed by atoms with E-state index in [0.717, 1.165) is 11.4 Å². The average Bonchev–Trinajstić information content (AvgIpc) is 2.29. The van der Waals surface area contributed by atoms with E-state index < -0.39 is 0 Å². The van der Waals surface area contributed by atoms with Crippen LogP contribution in [0, 0.1) is 25.5 Å². The molecule has 1 heterocycles. The minimum atomic E-state index is 0.377. The number of nitrogens with zero attached hydrogens (tertiary/aromatic N) is 2. The highest BCUT2D eigenvalue weighted by molar-refractivity contribution is 7.71. The van der Waals surface area contributed by atoms with Crippen LogP contribution in [0.25, 0.3) is 0 Å². The number of nitrogens with one attached hydrogen (secondary N) is 2. The maximum Gasteiger partial charge on any atom is 0.215 e. The van der Waals surface area contributed by atoms with E-state index in [-0.39, 0.29) is 0 Å². The van der Waals surface area contributed by atoms with Gasteiger partial charge in [0.2, 0.25) is 4.77 Å². The first kappa shape index (κ1) is 11.7. The van der Waals surface area contributed by atoms with Crippen LogP contribution >= 0.6 is 12.2 Å². The Bertz CT molecular complexity index is 604. The molecule has 88 valence electrons. The fourth-order valence-corrected chi connectivity index (χ4v) is 1.60. The molecule has 0 radical (unpaired) electrons. The summed E-state index contributed by atoms with van der Waals surface area (Å²) in [6, 6.07) is 6.17. The van der Waals surface area contributed by atoms with Gasteiger partial charge in [-0.2, -0.15) is 10.1 Å². The first-order valence-corrected chi connectivity index (χ1v) is 5.74. The lowest BCUT2D eigenvalue weighted by Crippen LogP contribution is -2.01. The standard InChI is InChI=1S/C12H14N4S/c1-7-4-5-10(6-8(7)2)13-11-9(3)15-16-12(17)14-11/h4-6H,1-3H3,(H2,13,14,16,17). The Kier molecular flexibility index (Phi) is 3.19. The van der Waals surface area contributed by atoms with Gasteiger partial charge in [-0.1, -0.05) is 6.07 Å². The zero-order valence-electron chi connectivity index (χ0n) is 10.0. The molecule has 5 heteroatoms. The Morgan fingerprint density at radius 3 is 2.65 bits per heavy atom. The van der Waals surface area contributed by atoms with Gasteiger partial charge in [-0.3, -0.25) is 5.10 Å². The third kappa shape index (κ3) is 2.68. The number of rotatable bonds is 2. The first-order valence-electron chi connectivity index (χ1n) is 5.34. The molecule has 17 heavy (non-hydrogen) atoms. The normalized spacial score (nSPS) is 10.3. The van der Waals surface area contributed by atoms with Crippen molar-refractivity contribution >= 4 is 23.7 Å². The van der Waals surface area contributed by atoms with Gasteiger partial charge in [0.25, 0.3) is 0 Å². The van der Waals surface area contributed by atoms with Gasteiger partial charge in [-0.25, -0.2) is 0 Å². The molecule has 1 aromatic heterocycles. The predicted molar refractivity (Wildman–Crippen MR) is 71.2 cm³/mol. The second kappa shape index (κ2) is 4.63. The van der Waals surface area contributed by atoms with Crippen LogP contribution in [0.2, 0.25) is 0 Å².